The number of aromatic amines is 1. The molecule has 1 atom stereocenters. The number of alkyl halides is 3. The van der Waals surface area contributed by atoms with Crippen LogP contribution in [0.4, 0.5) is 19.0 Å². The van der Waals surface area contributed by atoms with Crippen LogP contribution in [-0.4, -0.2) is 40.5 Å². The van der Waals surface area contributed by atoms with Crippen LogP contribution < -0.4 is 21.1 Å². The fourth-order valence-electron chi connectivity index (χ4n) is 3.48. The highest BCUT2D eigenvalue weighted by atomic mass is 79.9. The molecule has 3 N–H and O–H groups in total. The van der Waals surface area contributed by atoms with Gasteiger partial charge < -0.3 is 20.4 Å². The molecule has 4 rings (SSSR count). The summed E-state index contributed by atoms with van der Waals surface area (Å²) >= 11 is 3.25. The Morgan fingerprint density at radius 1 is 1.30 bits per heavy atom. The predicted octanol–water partition coefficient (Wildman–Crippen LogP) is 3.46. The van der Waals surface area contributed by atoms with Crippen molar-refractivity contribution < 1.29 is 17.9 Å². The van der Waals surface area contributed by atoms with E-state index < -0.39 is 12.1 Å². The van der Waals surface area contributed by atoms with Gasteiger partial charge in [-0.1, -0.05) is 15.9 Å². The van der Waals surface area contributed by atoms with Gasteiger partial charge in [0.15, 0.2) is 5.65 Å². The lowest BCUT2D eigenvalue weighted by molar-refractivity contribution is -0.274. The molecule has 3 aromatic rings. The SMILES string of the molecule is O=c1[nH]c2ccc(NC[C@@H]3CCNC3)nc2n1Cc1cc(Br)ccc1OC(F)(F)F. The molecule has 1 aromatic carbocycles. The number of pyridine rings is 1. The van der Waals surface area contributed by atoms with Crippen LogP contribution in [-0.2, 0) is 6.54 Å². The largest absolute Gasteiger partial charge is 0.573 e. The van der Waals surface area contributed by atoms with Crippen molar-refractivity contribution in [3.8, 4) is 5.75 Å². The standard InChI is InChI=1S/C19H19BrF3N5O2/c20-13-1-3-15(30-19(21,22)23)12(7-13)10-28-17-14(26-18(28)29)2-4-16(27-17)25-9-11-5-6-24-8-11/h1-4,7,11,24H,5-6,8-10H2,(H,25,27)(H,26,29)/t11-/m1/s1. The van der Waals surface area contributed by atoms with Gasteiger partial charge >= 0.3 is 12.1 Å². The molecule has 0 saturated carbocycles. The second-order valence-corrected chi connectivity index (χ2v) is 8.04. The molecule has 160 valence electrons. The first-order valence-corrected chi connectivity index (χ1v) is 10.2. The number of ether oxygens (including phenoxy) is 1. The summed E-state index contributed by atoms with van der Waals surface area (Å²) in [4.78, 5) is 19.7. The molecule has 0 bridgehead atoms. The Bertz CT molecular complexity index is 1110. The molecule has 2 aromatic heterocycles. The third-order valence-corrected chi connectivity index (χ3v) is 5.42. The minimum atomic E-state index is -4.84. The number of imidazole rings is 1. The minimum absolute atomic E-state index is 0.132. The summed E-state index contributed by atoms with van der Waals surface area (Å²) in [7, 11) is 0. The molecular formula is C19H19BrF3N5O2. The van der Waals surface area contributed by atoms with Crippen LogP contribution in [0.1, 0.15) is 12.0 Å². The summed E-state index contributed by atoms with van der Waals surface area (Å²) in [6.07, 6.45) is -3.76. The van der Waals surface area contributed by atoms with Gasteiger partial charge in [0.1, 0.15) is 11.6 Å². The van der Waals surface area contributed by atoms with Crippen molar-refractivity contribution in [2.75, 3.05) is 25.0 Å². The van der Waals surface area contributed by atoms with Crippen molar-refractivity contribution in [2.45, 2.75) is 19.3 Å². The van der Waals surface area contributed by atoms with Crippen molar-refractivity contribution in [1.82, 2.24) is 19.9 Å². The normalized spacial score (nSPS) is 16.9. The number of anilines is 1. The number of H-pyrrole nitrogens is 1. The molecule has 1 aliphatic heterocycles. The molecule has 0 radical (unpaired) electrons. The van der Waals surface area contributed by atoms with Gasteiger partial charge in [-0.05, 0) is 55.8 Å². The van der Waals surface area contributed by atoms with E-state index in [1.807, 2.05) is 0 Å². The van der Waals surface area contributed by atoms with Crippen LogP contribution in [0.3, 0.4) is 0 Å². The first-order chi connectivity index (χ1) is 14.3. The summed E-state index contributed by atoms with van der Waals surface area (Å²) in [5.74, 6) is 0.734. The summed E-state index contributed by atoms with van der Waals surface area (Å²) in [6.45, 7) is 2.54. The highest BCUT2D eigenvalue weighted by Crippen LogP contribution is 2.29. The molecule has 1 aliphatic rings. The maximum Gasteiger partial charge on any atom is 0.573 e. The Morgan fingerprint density at radius 3 is 2.87 bits per heavy atom. The monoisotopic (exact) mass is 485 g/mol. The lowest BCUT2D eigenvalue weighted by Gasteiger charge is -2.14. The Kier molecular flexibility index (Phi) is 5.74. The van der Waals surface area contributed by atoms with Gasteiger partial charge in [0.2, 0.25) is 0 Å². The van der Waals surface area contributed by atoms with E-state index in [0.717, 1.165) is 26.1 Å². The van der Waals surface area contributed by atoms with Gasteiger partial charge in [-0.25, -0.2) is 9.78 Å². The molecule has 30 heavy (non-hydrogen) atoms. The molecule has 3 heterocycles. The lowest BCUT2D eigenvalue weighted by Crippen LogP contribution is -2.21. The fraction of sp³-hybridized carbons (Fsp3) is 0.368. The van der Waals surface area contributed by atoms with Crippen molar-refractivity contribution in [1.29, 1.82) is 0 Å². The van der Waals surface area contributed by atoms with E-state index in [1.54, 1.807) is 12.1 Å². The molecule has 0 spiro atoms. The van der Waals surface area contributed by atoms with Crippen LogP contribution in [0, 0.1) is 5.92 Å². The molecule has 0 amide bonds. The van der Waals surface area contributed by atoms with Crippen LogP contribution in [0.5, 0.6) is 5.75 Å². The molecule has 0 aliphatic carbocycles. The second-order valence-electron chi connectivity index (χ2n) is 7.12. The van der Waals surface area contributed by atoms with E-state index in [2.05, 4.69) is 41.3 Å². The number of aromatic nitrogens is 3. The Hall–Kier alpha value is -2.53. The highest BCUT2D eigenvalue weighted by Gasteiger charge is 2.32. The number of nitrogens with zero attached hydrogens (tertiary/aromatic N) is 2. The average molecular weight is 486 g/mol. The van der Waals surface area contributed by atoms with Gasteiger partial charge in [0.25, 0.3) is 0 Å². The van der Waals surface area contributed by atoms with E-state index in [4.69, 9.17) is 0 Å². The number of nitrogens with one attached hydrogen (secondary N) is 3. The molecule has 7 nitrogen and oxygen atoms in total. The van der Waals surface area contributed by atoms with Crippen molar-refractivity contribution >= 4 is 32.9 Å². The van der Waals surface area contributed by atoms with Crippen LogP contribution in [0.25, 0.3) is 11.2 Å². The quantitative estimate of drug-likeness (QED) is 0.497. The van der Waals surface area contributed by atoms with E-state index in [-0.39, 0.29) is 17.9 Å². The number of benzene rings is 1. The zero-order chi connectivity index (χ0) is 21.3. The van der Waals surface area contributed by atoms with Gasteiger partial charge in [0.05, 0.1) is 12.1 Å². The topological polar surface area (TPSA) is 84.0 Å². The van der Waals surface area contributed by atoms with Crippen LogP contribution in [0.2, 0.25) is 0 Å². The summed E-state index contributed by atoms with van der Waals surface area (Å²) in [5.41, 5.74) is 0.586. The average Bonchev–Trinajstić information content (AvgIpc) is 3.29. The summed E-state index contributed by atoms with van der Waals surface area (Å²) in [5, 5.41) is 6.57. The predicted molar refractivity (Wildman–Crippen MR) is 110 cm³/mol. The van der Waals surface area contributed by atoms with Crippen LogP contribution in [0.15, 0.2) is 39.6 Å². The van der Waals surface area contributed by atoms with Crippen molar-refractivity contribution in [3.05, 3.63) is 50.9 Å². The van der Waals surface area contributed by atoms with Crippen molar-refractivity contribution in [3.63, 3.8) is 0 Å². The van der Waals surface area contributed by atoms with E-state index in [9.17, 15) is 18.0 Å². The maximum atomic E-state index is 12.8. The Labute approximate surface area is 177 Å². The zero-order valence-corrected chi connectivity index (χ0v) is 17.3. The first-order valence-electron chi connectivity index (χ1n) is 9.37. The number of rotatable bonds is 6. The molecular weight excluding hydrogens is 467 g/mol. The van der Waals surface area contributed by atoms with Gasteiger partial charge in [-0.2, -0.15) is 0 Å². The first kappa shape index (κ1) is 20.7. The number of halogens is 4. The van der Waals surface area contributed by atoms with E-state index in [1.165, 1.54) is 22.8 Å². The molecule has 1 fully saturated rings. The Balaban J connectivity index is 1.64. The zero-order valence-electron chi connectivity index (χ0n) is 15.7. The molecule has 0 unspecified atom stereocenters. The summed E-state index contributed by atoms with van der Waals surface area (Å²) in [6, 6.07) is 7.64. The van der Waals surface area contributed by atoms with Gasteiger partial charge in [-0.15, -0.1) is 13.2 Å². The second kappa shape index (κ2) is 8.31. The number of hydrogen-bond donors (Lipinski definition) is 3. The highest BCUT2D eigenvalue weighted by molar-refractivity contribution is 9.10. The number of fused-ring (bicyclic) bond motifs is 1. The number of hydrogen-bond acceptors (Lipinski definition) is 5. The third kappa shape index (κ3) is 4.78. The van der Waals surface area contributed by atoms with Gasteiger partial charge in [0, 0.05) is 16.6 Å². The molecule has 1 saturated heterocycles. The third-order valence-electron chi connectivity index (χ3n) is 4.93. The van der Waals surface area contributed by atoms with Crippen molar-refractivity contribution in [2.24, 2.45) is 5.92 Å². The molecule has 11 heteroatoms. The van der Waals surface area contributed by atoms with E-state index >= 15 is 0 Å². The Morgan fingerprint density at radius 2 is 2.13 bits per heavy atom. The minimum Gasteiger partial charge on any atom is -0.405 e. The fourth-order valence-corrected chi connectivity index (χ4v) is 3.89. The van der Waals surface area contributed by atoms with Crippen LogP contribution >= 0.6 is 15.9 Å². The summed E-state index contributed by atoms with van der Waals surface area (Å²) < 4.78 is 44.3. The van der Waals surface area contributed by atoms with E-state index in [0.29, 0.717) is 27.4 Å². The smallest absolute Gasteiger partial charge is 0.405 e. The van der Waals surface area contributed by atoms with Gasteiger partial charge in [-0.3, -0.25) is 4.57 Å². The lowest BCUT2D eigenvalue weighted by atomic mass is 10.1. The maximum absolute atomic E-state index is 12.8.